The van der Waals surface area contributed by atoms with Gasteiger partial charge in [0.2, 0.25) is 11.8 Å². The molecule has 1 unspecified atom stereocenters. The molecule has 0 aromatic heterocycles. The van der Waals surface area contributed by atoms with Gasteiger partial charge in [0.1, 0.15) is 11.6 Å². The third kappa shape index (κ3) is 7.60. The van der Waals surface area contributed by atoms with Crippen LogP contribution in [-0.2, 0) is 14.3 Å². The molecule has 0 aliphatic heterocycles. The highest BCUT2D eigenvalue weighted by atomic mass is 16.6. The van der Waals surface area contributed by atoms with Gasteiger partial charge in [-0.2, -0.15) is 0 Å². The van der Waals surface area contributed by atoms with E-state index in [9.17, 15) is 14.4 Å². The second-order valence-corrected chi connectivity index (χ2v) is 5.55. The van der Waals surface area contributed by atoms with E-state index in [-0.39, 0.29) is 18.2 Å². The number of carbonyl (C=O) groups excluding carboxylic acids is 3. The van der Waals surface area contributed by atoms with Crippen LogP contribution in [0.25, 0.3) is 0 Å². The zero-order chi connectivity index (χ0) is 15.9. The van der Waals surface area contributed by atoms with Crippen molar-refractivity contribution in [1.82, 2.24) is 15.5 Å². The fourth-order valence-corrected chi connectivity index (χ4v) is 1.38. The maximum absolute atomic E-state index is 12.0. The minimum atomic E-state index is -0.709. The average Bonchev–Trinajstić information content (AvgIpc) is 2.31. The van der Waals surface area contributed by atoms with Crippen molar-refractivity contribution in [2.75, 3.05) is 20.6 Å². The van der Waals surface area contributed by atoms with Crippen LogP contribution in [0.1, 0.15) is 34.1 Å². The number of nitrogens with zero attached hydrogens (tertiary/aromatic N) is 1. The molecule has 0 aliphatic rings. The van der Waals surface area contributed by atoms with E-state index in [4.69, 9.17) is 4.74 Å². The molecule has 0 bridgehead atoms. The summed E-state index contributed by atoms with van der Waals surface area (Å²) in [7, 11) is 3.12. The Balaban J connectivity index is 4.26. The third-order valence-corrected chi connectivity index (χ3v) is 2.43. The molecule has 3 amide bonds. The van der Waals surface area contributed by atoms with Gasteiger partial charge in [0.05, 0.1) is 0 Å². The van der Waals surface area contributed by atoms with E-state index in [1.54, 1.807) is 34.7 Å². The Labute approximate surface area is 120 Å². The smallest absolute Gasteiger partial charge is 0.408 e. The Morgan fingerprint density at radius 1 is 1.25 bits per heavy atom. The Hall–Kier alpha value is -1.79. The second-order valence-electron chi connectivity index (χ2n) is 5.55. The predicted octanol–water partition coefficient (Wildman–Crippen LogP) is 0.494. The van der Waals surface area contributed by atoms with Crippen molar-refractivity contribution >= 4 is 17.9 Å². The summed E-state index contributed by atoms with van der Waals surface area (Å²) < 4.78 is 5.07. The summed E-state index contributed by atoms with van der Waals surface area (Å²) in [5.74, 6) is -0.419. The normalized spacial score (nSPS) is 12.3. The Morgan fingerprint density at radius 2 is 1.80 bits per heavy atom. The number of rotatable bonds is 5. The van der Waals surface area contributed by atoms with E-state index in [0.717, 1.165) is 0 Å². The standard InChI is InChI=1S/C13H25N3O4/c1-9(15-12(19)20-13(2,3)4)11(18)16(6)8-7-10(17)14-5/h9H,7-8H2,1-6H3,(H,14,17)(H,15,19). The summed E-state index contributed by atoms with van der Waals surface area (Å²) in [5, 5.41) is 4.95. The first-order chi connectivity index (χ1) is 9.06. The lowest BCUT2D eigenvalue weighted by atomic mass is 10.2. The van der Waals surface area contributed by atoms with Crippen LogP contribution >= 0.6 is 0 Å². The van der Waals surface area contributed by atoms with Crippen molar-refractivity contribution < 1.29 is 19.1 Å². The second kappa shape index (κ2) is 7.72. The zero-order valence-corrected chi connectivity index (χ0v) is 13.1. The lowest BCUT2D eigenvalue weighted by Crippen LogP contribution is -2.47. The van der Waals surface area contributed by atoms with E-state index >= 15 is 0 Å². The molecular formula is C13H25N3O4. The van der Waals surface area contributed by atoms with E-state index in [0.29, 0.717) is 6.54 Å². The molecule has 0 aromatic carbocycles. The molecule has 7 heteroatoms. The number of likely N-dealkylation sites (N-methyl/N-ethyl adjacent to an activating group) is 1. The van der Waals surface area contributed by atoms with Crippen molar-refractivity contribution in [2.24, 2.45) is 0 Å². The molecule has 0 saturated heterocycles. The number of carbonyl (C=O) groups is 3. The summed E-state index contributed by atoms with van der Waals surface area (Å²) in [5.41, 5.74) is -0.613. The molecule has 116 valence electrons. The molecule has 20 heavy (non-hydrogen) atoms. The molecule has 0 rings (SSSR count). The van der Waals surface area contributed by atoms with E-state index in [2.05, 4.69) is 10.6 Å². The van der Waals surface area contributed by atoms with Crippen LogP contribution in [0.2, 0.25) is 0 Å². The van der Waals surface area contributed by atoms with Gasteiger partial charge in [0.25, 0.3) is 0 Å². The maximum atomic E-state index is 12.0. The van der Waals surface area contributed by atoms with Gasteiger partial charge in [-0.3, -0.25) is 9.59 Å². The van der Waals surface area contributed by atoms with Crippen molar-refractivity contribution in [2.45, 2.75) is 45.8 Å². The number of nitrogens with one attached hydrogen (secondary N) is 2. The summed E-state index contributed by atoms with van der Waals surface area (Å²) in [6.07, 6.45) is -0.421. The third-order valence-electron chi connectivity index (χ3n) is 2.43. The number of hydrogen-bond acceptors (Lipinski definition) is 4. The quantitative estimate of drug-likeness (QED) is 0.770. The average molecular weight is 287 g/mol. The van der Waals surface area contributed by atoms with Gasteiger partial charge in [-0.05, 0) is 27.7 Å². The van der Waals surface area contributed by atoms with Gasteiger partial charge in [-0.25, -0.2) is 4.79 Å². The minimum absolute atomic E-state index is 0.141. The number of amides is 3. The fraction of sp³-hybridized carbons (Fsp3) is 0.769. The Kier molecular flexibility index (Phi) is 7.02. The molecule has 7 nitrogen and oxygen atoms in total. The SMILES string of the molecule is CNC(=O)CCN(C)C(=O)C(C)NC(=O)OC(C)(C)C. The number of alkyl carbamates (subject to hydrolysis) is 1. The largest absolute Gasteiger partial charge is 0.444 e. The Morgan fingerprint density at radius 3 is 2.25 bits per heavy atom. The van der Waals surface area contributed by atoms with Crippen LogP contribution in [0, 0.1) is 0 Å². The van der Waals surface area contributed by atoms with E-state index < -0.39 is 17.7 Å². The summed E-state index contributed by atoms with van der Waals surface area (Å²) >= 11 is 0. The zero-order valence-electron chi connectivity index (χ0n) is 13.1. The molecule has 0 aromatic rings. The lowest BCUT2D eigenvalue weighted by Gasteiger charge is -2.24. The maximum Gasteiger partial charge on any atom is 0.408 e. The highest BCUT2D eigenvalue weighted by molar-refractivity contribution is 5.85. The molecule has 2 N–H and O–H groups in total. The minimum Gasteiger partial charge on any atom is -0.444 e. The molecular weight excluding hydrogens is 262 g/mol. The van der Waals surface area contributed by atoms with Crippen molar-refractivity contribution in [1.29, 1.82) is 0 Å². The molecule has 0 spiro atoms. The van der Waals surface area contributed by atoms with Gasteiger partial charge in [0.15, 0.2) is 0 Å². The van der Waals surface area contributed by atoms with Gasteiger partial charge in [-0.1, -0.05) is 0 Å². The number of ether oxygens (including phenoxy) is 1. The molecule has 0 radical (unpaired) electrons. The van der Waals surface area contributed by atoms with Crippen molar-refractivity contribution in [3.05, 3.63) is 0 Å². The molecule has 0 aliphatic carbocycles. The van der Waals surface area contributed by atoms with Gasteiger partial charge < -0.3 is 20.3 Å². The van der Waals surface area contributed by atoms with Crippen LogP contribution in [0.4, 0.5) is 4.79 Å². The van der Waals surface area contributed by atoms with Crippen LogP contribution in [-0.4, -0.2) is 55.1 Å². The van der Waals surface area contributed by atoms with Gasteiger partial charge in [-0.15, -0.1) is 0 Å². The topological polar surface area (TPSA) is 87.7 Å². The monoisotopic (exact) mass is 287 g/mol. The van der Waals surface area contributed by atoms with Crippen LogP contribution in [0.5, 0.6) is 0 Å². The predicted molar refractivity (Wildman–Crippen MR) is 75.2 cm³/mol. The van der Waals surface area contributed by atoms with E-state index in [1.165, 1.54) is 11.9 Å². The molecule has 0 fully saturated rings. The number of hydrogen-bond donors (Lipinski definition) is 2. The highest BCUT2D eigenvalue weighted by Gasteiger charge is 2.23. The van der Waals surface area contributed by atoms with Crippen molar-refractivity contribution in [3.8, 4) is 0 Å². The summed E-state index contributed by atoms with van der Waals surface area (Å²) in [4.78, 5) is 36.0. The van der Waals surface area contributed by atoms with E-state index in [1.807, 2.05) is 0 Å². The van der Waals surface area contributed by atoms with Crippen LogP contribution < -0.4 is 10.6 Å². The van der Waals surface area contributed by atoms with Gasteiger partial charge >= 0.3 is 6.09 Å². The lowest BCUT2D eigenvalue weighted by molar-refractivity contribution is -0.132. The van der Waals surface area contributed by atoms with Crippen LogP contribution in [0.15, 0.2) is 0 Å². The van der Waals surface area contributed by atoms with Crippen molar-refractivity contribution in [3.63, 3.8) is 0 Å². The molecule has 0 heterocycles. The summed E-state index contributed by atoms with van der Waals surface area (Å²) in [6, 6.07) is -0.709. The van der Waals surface area contributed by atoms with Crippen LogP contribution in [0.3, 0.4) is 0 Å². The first-order valence-corrected chi connectivity index (χ1v) is 6.52. The first kappa shape index (κ1) is 18.2. The molecule has 1 atom stereocenters. The van der Waals surface area contributed by atoms with Gasteiger partial charge in [0, 0.05) is 27.1 Å². The molecule has 0 saturated carbocycles. The Bertz CT molecular complexity index is 363. The highest BCUT2D eigenvalue weighted by Crippen LogP contribution is 2.07. The fourth-order valence-electron chi connectivity index (χ4n) is 1.38. The first-order valence-electron chi connectivity index (χ1n) is 6.52. The summed E-state index contributed by atoms with van der Waals surface area (Å²) in [6.45, 7) is 7.10.